The molecule has 1 atom stereocenters. The molecule has 2 aliphatic rings. The Kier molecular flexibility index (Phi) is 8.32. The number of benzene rings is 1. The van der Waals surface area contributed by atoms with Crippen LogP contribution in [0.1, 0.15) is 41.1 Å². The lowest BCUT2D eigenvalue weighted by Gasteiger charge is -2.33. The lowest BCUT2D eigenvalue weighted by molar-refractivity contribution is -0.117. The molecule has 1 aliphatic carbocycles. The van der Waals surface area contributed by atoms with Gasteiger partial charge in [-0.05, 0) is 61.9 Å². The number of carbonyl (C=O) groups is 2. The van der Waals surface area contributed by atoms with Crippen LogP contribution in [0.15, 0.2) is 33.6 Å². The molecule has 0 spiro atoms. The summed E-state index contributed by atoms with van der Waals surface area (Å²) >= 11 is 4.79. The molecule has 1 aliphatic heterocycles. The van der Waals surface area contributed by atoms with Crippen molar-refractivity contribution in [1.82, 2.24) is 9.21 Å². The highest BCUT2D eigenvalue weighted by Gasteiger charge is 2.31. The number of hydrogen-bond acceptors (Lipinski definition) is 7. The average molecular weight is 585 g/mol. The molecule has 8 nitrogen and oxygen atoms in total. The maximum Gasteiger partial charge on any atom is 0.341 e. The molecule has 11 heteroatoms. The van der Waals surface area contributed by atoms with Crippen molar-refractivity contribution in [3.8, 4) is 0 Å². The van der Waals surface area contributed by atoms with Crippen molar-refractivity contribution >= 4 is 54.2 Å². The van der Waals surface area contributed by atoms with Crippen molar-refractivity contribution in [3.05, 3.63) is 44.7 Å². The van der Waals surface area contributed by atoms with Gasteiger partial charge in [0, 0.05) is 35.5 Å². The van der Waals surface area contributed by atoms with Gasteiger partial charge in [-0.2, -0.15) is 4.31 Å². The summed E-state index contributed by atoms with van der Waals surface area (Å²) in [6, 6.07) is 6.59. The van der Waals surface area contributed by atoms with E-state index in [0.717, 1.165) is 34.2 Å². The summed E-state index contributed by atoms with van der Waals surface area (Å²) in [6.07, 6.45) is 2.72. The molecule has 35 heavy (non-hydrogen) atoms. The van der Waals surface area contributed by atoms with Crippen LogP contribution in [0.25, 0.3) is 0 Å². The van der Waals surface area contributed by atoms with Crippen molar-refractivity contribution in [1.29, 1.82) is 0 Å². The van der Waals surface area contributed by atoms with E-state index in [0.29, 0.717) is 42.7 Å². The highest BCUT2D eigenvalue weighted by Crippen LogP contribution is 2.40. The Balaban J connectivity index is 1.38. The molecule has 190 valence electrons. The van der Waals surface area contributed by atoms with Crippen LogP contribution < -0.4 is 5.32 Å². The van der Waals surface area contributed by atoms with Crippen LogP contribution in [0.3, 0.4) is 0 Å². The SMILES string of the molecule is CCOC(=O)c1c(NC(=O)CN2CCN(S(=O)(=O)c3ccc(Br)cc3)CC2)sc2c1CC[C@@H](C)C2. The van der Waals surface area contributed by atoms with E-state index in [1.54, 1.807) is 31.2 Å². The summed E-state index contributed by atoms with van der Waals surface area (Å²) in [5, 5.41) is 3.50. The van der Waals surface area contributed by atoms with Gasteiger partial charge in [0.1, 0.15) is 5.00 Å². The Morgan fingerprint density at radius 1 is 1.17 bits per heavy atom. The van der Waals surface area contributed by atoms with Gasteiger partial charge in [-0.1, -0.05) is 22.9 Å². The quantitative estimate of drug-likeness (QED) is 0.499. The average Bonchev–Trinajstić information content (AvgIpc) is 3.16. The number of carbonyl (C=O) groups excluding carboxylic acids is 2. The maximum atomic E-state index is 12.9. The first-order chi connectivity index (χ1) is 16.7. The molecule has 0 bridgehead atoms. The second-order valence-electron chi connectivity index (χ2n) is 8.96. The number of anilines is 1. The zero-order valence-corrected chi connectivity index (χ0v) is 23.1. The predicted octanol–water partition coefficient (Wildman–Crippen LogP) is 3.76. The molecule has 0 radical (unpaired) electrons. The van der Waals surface area contributed by atoms with Gasteiger partial charge < -0.3 is 10.1 Å². The van der Waals surface area contributed by atoms with Gasteiger partial charge in [-0.3, -0.25) is 9.69 Å². The number of rotatable bonds is 7. The minimum atomic E-state index is -3.57. The highest BCUT2D eigenvalue weighted by molar-refractivity contribution is 9.10. The second-order valence-corrected chi connectivity index (χ2v) is 12.9. The Hall–Kier alpha value is -1.79. The Bertz CT molecular complexity index is 1190. The first kappa shape index (κ1) is 26.3. The third-order valence-corrected chi connectivity index (χ3v) is 10.0. The normalized spacial score (nSPS) is 19.2. The molecule has 0 saturated carbocycles. The van der Waals surface area contributed by atoms with E-state index in [1.165, 1.54) is 15.6 Å². The smallest absolute Gasteiger partial charge is 0.341 e. The van der Waals surface area contributed by atoms with Crippen LogP contribution in [-0.4, -0.2) is 68.8 Å². The van der Waals surface area contributed by atoms with E-state index >= 15 is 0 Å². The number of esters is 1. The third kappa shape index (κ3) is 5.96. The lowest BCUT2D eigenvalue weighted by atomic mass is 9.88. The summed E-state index contributed by atoms with van der Waals surface area (Å²) in [7, 11) is -3.57. The summed E-state index contributed by atoms with van der Waals surface area (Å²) in [5.74, 6) is -0.0576. The number of amides is 1. The van der Waals surface area contributed by atoms with Crippen LogP contribution in [0.5, 0.6) is 0 Å². The van der Waals surface area contributed by atoms with Crippen LogP contribution in [0, 0.1) is 5.92 Å². The van der Waals surface area contributed by atoms with E-state index in [1.807, 2.05) is 4.90 Å². The van der Waals surface area contributed by atoms with Crippen molar-refractivity contribution in [2.45, 2.75) is 38.0 Å². The monoisotopic (exact) mass is 583 g/mol. The van der Waals surface area contributed by atoms with Gasteiger partial charge in [0.05, 0.1) is 23.6 Å². The van der Waals surface area contributed by atoms with E-state index < -0.39 is 10.0 Å². The van der Waals surface area contributed by atoms with Crippen molar-refractivity contribution in [2.24, 2.45) is 5.92 Å². The second kappa shape index (κ2) is 11.1. The Morgan fingerprint density at radius 3 is 2.51 bits per heavy atom. The molecule has 1 N–H and O–H groups in total. The van der Waals surface area contributed by atoms with Gasteiger partial charge >= 0.3 is 5.97 Å². The van der Waals surface area contributed by atoms with Crippen molar-refractivity contribution < 1.29 is 22.7 Å². The number of thiophene rings is 1. The maximum absolute atomic E-state index is 12.9. The van der Waals surface area contributed by atoms with Gasteiger partial charge in [0.25, 0.3) is 0 Å². The van der Waals surface area contributed by atoms with Gasteiger partial charge in [-0.25, -0.2) is 13.2 Å². The van der Waals surface area contributed by atoms with Crippen LogP contribution in [0.4, 0.5) is 5.00 Å². The fourth-order valence-electron chi connectivity index (χ4n) is 4.51. The van der Waals surface area contributed by atoms with Gasteiger partial charge in [0.15, 0.2) is 0 Å². The molecule has 2 aromatic rings. The number of nitrogens with one attached hydrogen (secondary N) is 1. The topological polar surface area (TPSA) is 96.0 Å². The van der Waals surface area contributed by atoms with Crippen LogP contribution >= 0.6 is 27.3 Å². The number of sulfonamides is 1. The van der Waals surface area contributed by atoms with Crippen LogP contribution in [-0.2, 0) is 32.4 Å². The number of hydrogen-bond donors (Lipinski definition) is 1. The number of halogens is 1. The predicted molar refractivity (Wildman–Crippen MR) is 139 cm³/mol. The zero-order valence-electron chi connectivity index (χ0n) is 19.9. The molecule has 1 saturated heterocycles. The zero-order chi connectivity index (χ0) is 25.2. The van der Waals surface area contributed by atoms with Crippen LogP contribution in [0.2, 0.25) is 0 Å². The van der Waals surface area contributed by atoms with Gasteiger partial charge in [0.2, 0.25) is 15.9 Å². The fourth-order valence-corrected chi connectivity index (χ4v) is 7.61. The van der Waals surface area contributed by atoms with Gasteiger partial charge in [-0.15, -0.1) is 11.3 Å². The molecule has 1 aromatic carbocycles. The van der Waals surface area contributed by atoms with E-state index in [9.17, 15) is 18.0 Å². The Labute approximate surface area is 218 Å². The number of piperazine rings is 1. The lowest BCUT2D eigenvalue weighted by Crippen LogP contribution is -2.50. The Morgan fingerprint density at radius 2 is 1.86 bits per heavy atom. The summed E-state index contributed by atoms with van der Waals surface area (Å²) < 4.78 is 33.4. The largest absolute Gasteiger partial charge is 0.462 e. The minimum absolute atomic E-state index is 0.132. The first-order valence-electron chi connectivity index (χ1n) is 11.8. The third-order valence-electron chi connectivity index (χ3n) is 6.39. The molecular formula is C24H30BrN3O5S2. The number of nitrogens with zero attached hydrogens (tertiary/aromatic N) is 2. The van der Waals surface area contributed by atoms with E-state index in [-0.39, 0.29) is 29.9 Å². The van der Waals surface area contributed by atoms with Crippen molar-refractivity contribution in [3.63, 3.8) is 0 Å². The molecule has 1 fully saturated rings. The summed E-state index contributed by atoms with van der Waals surface area (Å²) in [6.45, 7) is 5.90. The minimum Gasteiger partial charge on any atom is -0.462 e. The van der Waals surface area contributed by atoms with E-state index in [2.05, 4.69) is 28.2 Å². The van der Waals surface area contributed by atoms with Crippen molar-refractivity contribution in [2.75, 3.05) is 44.6 Å². The molecule has 0 unspecified atom stereocenters. The number of ether oxygens (including phenoxy) is 1. The fraction of sp³-hybridized carbons (Fsp3) is 0.500. The number of fused-ring (bicyclic) bond motifs is 1. The molecule has 2 heterocycles. The first-order valence-corrected chi connectivity index (χ1v) is 14.8. The summed E-state index contributed by atoms with van der Waals surface area (Å²) in [4.78, 5) is 28.9. The molecule has 1 aromatic heterocycles. The van der Waals surface area contributed by atoms with E-state index in [4.69, 9.17) is 4.74 Å². The molecule has 1 amide bonds. The standard InChI is InChI=1S/C24H30BrN3O5S2/c1-3-33-24(30)22-19-9-4-16(2)14-20(19)34-23(22)26-21(29)15-27-10-12-28(13-11-27)35(31,32)18-7-5-17(25)6-8-18/h5-8,16H,3-4,9-15H2,1-2H3,(H,26,29)/t16-/m1/s1. The highest BCUT2D eigenvalue weighted by atomic mass is 79.9. The molecular weight excluding hydrogens is 554 g/mol. The summed E-state index contributed by atoms with van der Waals surface area (Å²) in [5.41, 5.74) is 1.51. The molecule has 4 rings (SSSR count).